The third-order valence-corrected chi connectivity index (χ3v) is 3.93. The Morgan fingerprint density at radius 3 is 3.19 bits per heavy atom. The topological polar surface area (TPSA) is 97.9 Å². The summed E-state index contributed by atoms with van der Waals surface area (Å²) in [5.41, 5.74) is 7.07. The molecule has 1 atom stereocenters. The summed E-state index contributed by atoms with van der Waals surface area (Å²) in [6, 6.07) is 3.93. The molecule has 1 fully saturated rings. The molecular formula is C15H23N5O. The van der Waals surface area contributed by atoms with Crippen molar-refractivity contribution in [2.24, 2.45) is 11.7 Å². The van der Waals surface area contributed by atoms with E-state index in [0.717, 1.165) is 57.5 Å². The van der Waals surface area contributed by atoms with Crippen molar-refractivity contribution in [3.8, 4) is 6.07 Å². The average molecular weight is 289 g/mol. The summed E-state index contributed by atoms with van der Waals surface area (Å²) in [7, 11) is 0. The van der Waals surface area contributed by atoms with E-state index in [1.54, 1.807) is 0 Å². The summed E-state index contributed by atoms with van der Waals surface area (Å²) in [6.45, 7) is 4.55. The van der Waals surface area contributed by atoms with Gasteiger partial charge >= 0.3 is 0 Å². The van der Waals surface area contributed by atoms with E-state index in [-0.39, 0.29) is 11.8 Å². The normalized spacial score (nSPS) is 19.3. The van der Waals surface area contributed by atoms with Crippen molar-refractivity contribution in [2.75, 3.05) is 26.2 Å². The first kappa shape index (κ1) is 15.5. The lowest BCUT2D eigenvalue weighted by Crippen LogP contribution is -2.41. The Morgan fingerprint density at radius 1 is 1.62 bits per heavy atom. The number of H-pyrrole nitrogens is 1. The zero-order valence-corrected chi connectivity index (χ0v) is 12.3. The van der Waals surface area contributed by atoms with Gasteiger partial charge in [-0.1, -0.05) is 0 Å². The van der Waals surface area contributed by atoms with Crippen LogP contribution in [0.25, 0.3) is 0 Å². The van der Waals surface area contributed by atoms with Crippen molar-refractivity contribution in [1.82, 2.24) is 15.2 Å². The number of nitriles is 1. The number of carbonyl (C=O) groups excluding carboxylic acids is 1. The Hall–Kier alpha value is -1.84. The number of nitrogens with zero attached hydrogens (tertiary/aromatic N) is 2. The van der Waals surface area contributed by atoms with Gasteiger partial charge in [-0.05, 0) is 50.5 Å². The summed E-state index contributed by atoms with van der Waals surface area (Å²) in [5, 5.41) is 12.1. The number of nitrogens with one attached hydrogen (secondary N) is 2. The lowest BCUT2D eigenvalue weighted by molar-refractivity contribution is -0.123. The second kappa shape index (κ2) is 7.81. The van der Waals surface area contributed by atoms with Crippen LogP contribution < -0.4 is 11.1 Å². The third-order valence-electron chi connectivity index (χ3n) is 3.93. The molecule has 0 bridgehead atoms. The van der Waals surface area contributed by atoms with Crippen LogP contribution in [0.5, 0.6) is 0 Å². The molecule has 1 amide bonds. The number of rotatable bonds is 7. The van der Waals surface area contributed by atoms with Gasteiger partial charge in [-0.2, -0.15) is 5.26 Å². The van der Waals surface area contributed by atoms with Crippen LogP contribution in [-0.4, -0.2) is 42.0 Å². The molecular weight excluding hydrogens is 266 g/mol. The number of aromatic nitrogens is 1. The largest absolute Gasteiger partial charge is 0.369 e. The van der Waals surface area contributed by atoms with Crippen molar-refractivity contribution in [2.45, 2.75) is 25.8 Å². The average Bonchev–Trinajstić information content (AvgIpc) is 2.95. The van der Waals surface area contributed by atoms with Crippen LogP contribution in [0.1, 0.15) is 30.5 Å². The SMILES string of the molecule is N#Cc1cc(CNCCCN2CCCC(C(N)=O)C2)c[nH]1. The maximum Gasteiger partial charge on any atom is 0.221 e. The smallest absolute Gasteiger partial charge is 0.221 e. The molecule has 21 heavy (non-hydrogen) atoms. The highest BCUT2D eigenvalue weighted by Crippen LogP contribution is 2.15. The maximum absolute atomic E-state index is 11.2. The summed E-state index contributed by atoms with van der Waals surface area (Å²) < 4.78 is 0. The van der Waals surface area contributed by atoms with Gasteiger partial charge in [-0.3, -0.25) is 4.79 Å². The van der Waals surface area contributed by atoms with E-state index < -0.39 is 0 Å². The van der Waals surface area contributed by atoms with Crippen molar-refractivity contribution in [1.29, 1.82) is 5.26 Å². The van der Waals surface area contributed by atoms with Crippen molar-refractivity contribution < 1.29 is 4.79 Å². The second-order valence-electron chi connectivity index (χ2n) is 5.61. The molecule has 114 valence electrons. The van der Waals surface area contributed by atoms with E-state index in [1.165, 1.54) is 0 Å². The van der Waals surface area contributed by atoms with Crippen molar-refractivity contribution in [3.63, 3.8) is 0 Å². The molecule has 6 heteroatoms. The minimum Gasteiger partial charge on any atom is -0.369 e. The third kappa shape index (κ3) is 4.88. The van der Waals surface area contributed by atoms with Crippen LogP contribution in [0.15, 0.2) is 12.3 Å². The molecule has 1 aromatic heterocycles. The lowest BCUT2D eigenvalue weighted by Gasteiger charge is -2.31. The molecule has 0 spiro atoms. The maximum atomic E-state index is 11.2. The van der Waals surface area contributed by atoms with Crippen molar-refractivity contribution in [3.05, 3.63) is 23.5 Å². The van der Waals surface area contributed by atoms with E-state index >= 15 is 0 Å². The monoisotopic (exact) mass is 289 g/mol. The summed E-state index contributed by atoms with van der Waals surface area (Å²) in [4.78, 5) is 16.5. The van der Waals surface area contributed by atoms with Crippen LogP contribution in [-0.2, 0) is 11.3 Å². The van der Waals surface area contributed by atoms with Crippen LogP contribution >= 0.6 is 0 Å². The van der Waals surface area contributed by atoms with Gasteiger partial charge < -0.3 is 20.9 Å². The number of amides is 1. The molecule has 1 unspecified atom stereocenters. The first-order valence-corrected chi connectivity index (χ1v) is 7.49. The predicted molar refractivity (Wildman–Crippen MR) is 80.2 cm³/mol. The molecule has 2 heterocycles. The Balaban J connectivity index is 1.59. The van der Waals surface area contributed by atoms with Gasteiger partial charge in [0.05, 0.1) is 5.92 Å². The van der Waals surface area contributed by atoms with Gasteiger partial charge in [0.1, 0.15) is 11.8 Å². The first-order chi connectivity index (χ1) is 10.2. The zero-order valence-electron chi connectivity index (χ0n) is 12.3. The van der Waals surface area contributed by atoms with Crippen LogP contribution in [0.3, 0.4) is 0 Å². The minimum absolute atomic E-state index is 0.0240. The molecule has 6 nitrogen and oxygen atoms in total. The first-order valence-electron chi connectivity index (χ1n) is 7.49. The standard InChI is InChI=1S/C15H23N5O/c16-8-14-7-12(10-19-14)9-18-4-2-6-20-5-1-3-13(11-20)15(17)21/h7,10,13,18-19H,1-6,9,11H2,(H2,17,21). The fraction of sp³-hybridized carbons (Fsp3) is 0.600. The summed E-state index contributed by atoms with van der Waals surface area (Å²) in [5.74, 6) is -0.144. The Labute approximate surface area is 125 Å². The Morgan fingerprint density at radius 2 is 2.48 bits per heavy atom. The van der Waals surface area contributed by atoms with E-state index in [1.807, 2.05) is 12.3 Å². The Bertz CT molecular complexity index is 504. The minimum atomic E-state index is -0.168. The number of carbonyl (C=O) groups is 1. The number of likely N-dealkylation sites (tertiary alicyclic amines) is 1. The van der Waals surface area contributed by atoms with Gasteiger partial charge in [-0.25, -0.2) is 0 Å². The fourth-order valence-corrected chi connectivity index (χ4v) is 2.76. The molecule has 1 aliphatic heterocycles. The molecule has 0 radical (unpaired) electrons. The molecule has 1 aliphatic rings. The number of hydrogen-bond donors (Lipinski definition) is 3. The van der Waals surface area contributed by atoms with Gasteiger partial charge in [0.25, 0.3) is 0 Å². The number of aromatic amines is 1. The molecule has 1 saturated heterocycles. The van der Waals surface area contributed by atoms with Gasteiger partial charge in [0.15, 0.2) is 0 Å². The van der Waals surface area contributed by atoms with Crippen LogP contribution in [0, 0.1) is 17.2 Å². The highest BCUT2D eigenvalue weighted by atomic mass is 16.1. The fourth-order valence-electron chi connectivity index (χ4n) is 2.76. The molecule has 2 rings (SSSR count). The van der Waals surface area contributed by atoms with Crippen LogP contribution in [0.4, 0.5) is 0 Å². The quantitative estimate of drug-likeness (QED) is 0.639. The van der Waals surface area contributed by atoms with Gasteiger partial charge in [-0.15, -0.1) is 0 Å². The highest BCUT2D eigenvalue weighted by molar-refractivity contribution is 5.76. The van der Waals surface area contributed by atoms with E-state index in [9.17, 15) is 4.79 Å². The zero-order chi connectivity index (χ0) is 15.1. The summed E-state index contributed by atoms with van der Waals surface area (Å²) in [6.07, 6.45) is 4.88. The van der Waals surface area contributed by atoms with Gasteiger partial charge in [0, 0.05) is 19.3 Å². The summed E-state index contributed by atoms with van der Waals surface area (Å²) >= 11 is 0. The molecule has 0 aromatic carbocycles. The predicted octanol–water partition coefficient (Wildman–Crippen LogP) is 0.563. The molecule has 0 aliphatic carbocycles. The van der Waals surface area contributed by atoms with E-state index in [0.29, 0.717) is 5.69 Å². The Kier molecular flexibility index (Phi) is 5.78. The molecule has 1 aromatic rings. The lowest BCUT2D eigenvalue weighted by atomic mass is 9.97. The second-order valence-corrected chi connectivity index (χ2v) is 5.61. The molecule has 4 N–H and O–H groups in total. The number of piperidine rings is 1. The number of hydrogen-bond acceptors (Lipinski definition) is 4. The van der Waals surface area contributed by atoms with E-state index in [2.05, 4.69) is 21.3 Å². The highest BCUT2D eigenvalue weighted by Gasteiger charge is 2.23. The molecule has 0 saturated carbocycles. The number of nitrogens with two attached hydrogens (primary N) is 1. The van der Waals surface area contributed by atoms with E-state index in [4.69, 9.17) is 11.0 Å². The number of primary amides is 1. The van der Waals surface area contributed by atoms with Crippen LogP contribution in [0.2, 0.25) is 0 Å². The van der Waals surface area contributed by atoms with Crippen molar-refractivity contribution >= 4 is 5.91 Å². The van der Waals surface area contributed by atoms with Gasteiger partial charge in [0.2, 0.25) is 5.91 Å².